The summed E-state index contributed by atoms with van der Waals surface area (Å²) in [4.78, 5) is 23.1. The molecule has 0 fully saturated rings. The predicted octanol–water partition coefficient (Wildman–Crippen LogP) is 3.59. The van der Waals surface area contributed by atoms with Crippen LogP contribution in [0.15, 0.2) is 28.7 Å². The third-order valence-corrected chi connectivity index (χ3v) is 2.95. The molecule has 0 aromatic heterocycles. The smallest absolute Gasteiger partial charge is 0.337 e. The van der Waals surface area contributed by atoms with Crippen molar-refractivity contribution in [1.82, 2.24) is 0 Å². The number of hydrogen-bond acceptors (Lipinski definition) is 4. The van der Waals surface area contributed by atoms with E-state index in [4.69, 9.17) is 4.74 Å². The van der Waals surface area contributed by atoms with Crippen LogP contribution in [0.1, 0.15) is 36.7 Å². The molecular weight excluding hydrogens is 324 g/mol. The van der Waals surface area contributed by atoms with E-state index in [2.05, 4.69) is 20.7 Å². The molecule has 20 heavy (non-hydrogen) atoms. The third-order valence-electron chi connectivity index (χ3n) is 2.22. The van der Waals surface area contributed by atoms with Gasteiger partial charge in [0.05, 0.1) is 12.7 Å². The normalized spacial score (nSPS) is 11.4. The lowest BCUT2D eigenvalue weighted by Crippen LogP contribution is -2.22. The summed E-state index contributed by atoms with van der Waals surface area (Å²) in [7, 11) is 1.32. The number of carbonyl (C=O) groups is 2. The van der Waals surface area contributed by atoms with Crippen LogP contribution in [0.4, 0.5) is 0 Å². The van der Waals surface area contributed by atoms with Crippen LogP contribution >= 0.6 is 15.9 Å². The Balaban J connectivity index is 2.91. The predicted molar refractivity (Wildman–Crippen MR) is 80.4 cm³/mol. The van der Waals surface area contributed by atoms with E-state index in [-0.39, 0.29) is 0 Å². The van der Waals surface area contributed by atoms with E-state index in [1.165, 1.54) is 13.2 Å². The van der Waals surface area contributed by atoms with E-state index in [0.29, 0.717) is 11.1 Å². The second-order valence-electron chi connectivity index (χ2n) is 5.09. The quantitative estimate of drug-likeness (QED) is 0.623. The summed E-state index contributed by atoms with van der Waals surface area (Å²) in [6, 6.07) is 5.00. The monoisotopic (exact) mass is 340 g/mol. The first-order valence-corrected chi connectivity index (χ1v) is 6.81. The average Bonchev–Trinajstić information content (AvgIpc) is 2.34. The molecule has 0 heterocycles. The van der Waals surface area contributed by atoms with Crippen molar-refractivity contribution < 1.29 is 19.1 Å². The number of esters is 2. The van der Waals surface area contributed by atoms with Gasteiger partial charge in [-0.1, -0.05) is 15.9 Å². The fraction of sp³-hybridized carbons (Fsp3) is 0.333. The molecule has 0 aliphatic carbocycles. The van der Waals surface area contributed by atoms with Crippen molar-refractivity contribution in [1.29, 1.82) is 0 Å². The molecule has 0 spiro atoms. The molecule has 5 heteroatoms. The Labute approximate surface area is 126 Å². The van der Waals surface area contributed by atoms with E-state index in [1.807, 2.05) is 0 Å². The van der Waals surface area contributed by atoms with Crippen LogP contribution in [-0.2, 0) is 14.3 Å². The van der Waals surface area contributed by atoms with Crippen LogP contribution < -0.4 is 0 Å². The highest BCUT2D eigenvalue weighted by Crippen LogP contribution is 2.20. The summed E-state index contributed by atoms with van der Waals surface area (Å²) in [5, 5.41) is 0. The second kappa shape index (κ2) is 6.70. The first kappa shape index (κ1) is 16.4. The van der Waals surface area contributed by atoms with Crippen LogP contribution in [0.3, 0.4) is 0 Å². The zero-order valence-electron chi connectivity index (χ0n) is 11.9. The molecule has 0 bridgehead atoms. The maximum Gasteiger partial charge on any atom is 0.337 e. The van der Waals surface area contributed by atoms with Crippen molar-refractivity contribution in [2.45, 2.75) is 26.4 Å². The van der Waals surface area contributed by atoms with Crippen molar-refractivity contribution in [3.63, 3.8) is 0 Å². The minimum absolute atomic E-state index is 0.416. The van der Waals surface area contributed by atoms with Crippen LogP contribution in [0, 0.1) is 0 Å². The Bertz CT molecular complexity index is 541. The molecule has 0 saturated heterocycles. The van der Waals surface area contributed by atoms with Crippen molar-refractivity contribution in [3.8, 4) is 0 Å². The number of ether oxygens (including phenoxy) is 2. The van der Waals surface area contributed by atoms with Gasteiger partial charge in [-0.3, -0.25) is 0 Å². The largest absolute Gasteiger partial charge is 0.465 e. The van der Waals surface area contributed by atoms with Gasteiger partial charge in [0.25, 0.3) is 0 Å². The lowest BCUT2D eigenvalue weighted by atomic mass is 10.1. The fourth-order valence-corrected chi connectivity index (χ4v) is 1.79. The SMILES string of the molecule is COC(=O)c1ccc(Br)c(/C=C/C(=O)OC(C)(C)C)c1. The molecule has 0 atom stereocenters. The van der Waals surface area contributed by atoms with Gasteiger partial charge in [0.1, 0.15) is 5.60 Å². The van der Waals surface area contributed by atoms with Gasteiger partial charge in [0.15, 0.2) is 0 Å². The van der Waals surface area contributed by atoms with Gasteiger partial charge in [-0.05, 0) is 50.6 Å². The Morgan fingerprint density at radius 3 is 2.45 bits per heavy atom. The molecule has 108 valence electrons. The maximum atomic E-state index is 11.6. The summed E-state index contributed by atoms with van der Waals surface area (Å²) in [6.07, 6.45) is 2.91. The molecule has 0 amide bonds. The van der Waals surface area contributed by atoms with Crippen molar-refractivity contribution >= 4 is 33.9 Å². The maximum absolute atomic E-state index is 11.6. The van der Waals surface area contributed by atoms with Crippen LogP contribution in [0.2, 0.25) is 0 Å². The molecule has 0 saturated carbocycles. The van der Waals surface area contributed by atoms with Crippen LogP contribution in [0.5, 0.6) is 0 Å². The zero-order valence-corrected chi connectivity index (χ0v) is 13.5. The number of rotatable bonds is 3. The van der Waals surface area contributed by atoms with Crippen molar-refractivity contribution in [3.05, 3.63) is 39.9 Å². The molecule has 4 nitrogen and oxygen atoms in total. The fourth-order valence-electron chi connectivity index (χ4n) is 1.41. The summed E-state index contributed by atoms with van der Waals surface area (Å²) >= 11 is 3.36. The lowest BCUT2D eigenvalue weighted by molar-refractivity contribution is -0.148. The van der Waals surface area contributed by atoms with Gasteiger partial charge in [-0.15, -0.1) is 0 Å². The highest BCUT2D eigenvalue weighted by atomic mass is 79.9. The summed E-state index contributed by atoms with van der Waals surface area (Å²) < 4.78 is 10.6. The second-order valence-corrected chi connectivity index (χ2v) is 5.95. The highest BCUT2D eigenvalue weighted by Gasteiger charge is 2.14. The molecule has 1 aromatic rings. The first-order chi connectivity index (χ1) is 9.23. The number of hydrogen-bond donors (Lipinski definition) is 0. The van der Waals surface area contributed by atoms with Gasteiger partial charge >= 0.3 is 11.9 Å². The van der Waals surface area contributed by atoms with Gasteiger partial charge in [0, 0.05) is 10.5 Å². The molecule has 1 rings (SSSR count). The van der Waals surface area contributed by atoms with Crippen molar-refractivity contribution in [2.24, 2.45) is 0 Å². The molecule has 0 N–H and O–H groups in total. The van der Waals surface area contributed by atoms with Gasteiger partial charge in [-0.25, -0.2) is 9.59 Å². The molecule has 1 aromatic carbocycles. The van der Waals surface area contributed by atoms with E-state index >= 15 is 0 Å². The Morgan fingerprint density at radius 2 is 1.90 bits per heavy atom. The molecule has 0 radical (unpaired) electrons. The minimum atomic E-state index is -0.535. The summed E-state index contributed by atoms with van der Waals surface area (Å²) in [5.41, 5.74) is 0.574. The van der Waals surface area contributed by atoms with Crippen LogP contribution in [0.25, 0.3) is 6.08 Å². The number of halogens is 1. The van der Waals surface area contributed by atoms with Gasteiger partial charge in [0.2, 0.25) is 0 Å². The van der Waals surface area contributed by atoms with E-state index in [1.54, 1.807) is 45.0 Å². The molecule has 0 aliphatic rings. The first-order valence-electron chi connectivity index (χ1n) is 6.02. The highest BCUT2D eigenvalue weighted by molar-refractivity contribution is 9.10. The van der Waals surface area contributed by atoms with Crippen LogP contribution in [-0.4, -0.2) is 24.6 Å². The van der Waals surface area contributed by atoms with E-state index in [9.17, 15) is 9.59 Å². The lowest BCUT2D eigenvalue weighted by Gasteiger charge is -2.17. The van der Waals surface area contributed by atoms with Crippen molar-refractivity contribution in [2.75, 3.05) is 7.11 Å². The molecule has 0 unspecified atom stereocenters. The average molecular weight is 341 g/mol. The van der Waals surface area contributed by atoms with E-state index < -0.39 is 17.5 Å². The Kier molecular flexibility index (Phi) is 5.51. The summed E-state index contributed by atoms with van der Waals surface area (Å²) in [6.45, 7) is 5.39. The minimum Gasteiger partial charge on any atom is -0.465 e. The van der Waals surface area contributed by atoms with Gasteiger partial charge in [-0.2, -0.15) is 0 Å². The Hall–Kier alpha value is -1.62. The van der Waals surface area contributed by atoms with E-state index in [0.717, 1.165) is 4.47 Å². The number of benzene rings is 1. The standard InChI is InChI=1S/C15H17BrO4/c1-15(2,3)20-13(17)8-6-10-9-11(14(18)19-4)5-7-12(10)16/h5-9H,1-4H3/b8-6+. The molecular formula is C15H17BrO4. The number of carbonyl (C=O) groups excluding carboxylic acids is 2. The Morgan fingerprint density at radius 1 is 1.25 bits per heavy atom. The van der Waals surface area contributed by atoms with Gasteiger partial charge < -0.3 is 9.47 Å². The third kappa shape index (κ3) is 5.17. The zero-order chi connectivity index (χ0) is 15.3. The summed E-state index contributed by atoms with van der Waals surface area (Å²) in [5.74, 6) is -0.864. The topological polar surface area (TPSA) is 52.6 Å². The number of methoxy groups -OCH3 is 1. The molecule has 0 aliphatic heterocycles.